The Morgan fingerprint density at radius 3 is 2.28 bits per heavy atom. The molecule has 3 amide bonds. The largest absolute Gasteiger partial charge is 0.497 e. The van der Waals surface area contributed by atoms with Crippen LogP contribution < -0.4 is 20.9 Å². The molecule has 1 aliphatic rings. The normalized spacial score (nSPS) is 14.4. The molecular formula is C18H25N3O4. The number of hydrogen-bond donors (Lipinski definition) is 3. The molecule has 1 fully saturated rings. The lowest BCUT2D eigenvalue weighted by molar-refractivity contribution is -0.131. The van der Waals surface area contributed by atoms with Gasteiger partial charge in [-0.3, -0.25) is 25.2 Å². The van der Waals surface area contributed by atoms with E-state index >= 15 is 0 Å². The van der Waals surface area contributed by atoms with Crippen molar-refractivity contribution >= 4 is 17.7 Å². The highest BCUT2D eigenvalue weighted by Gasteiger charge is 2.21. The average Bonchev–Trinajstić information content (AvgIpc) is 2.65. The summed E-state index contributed by atoms with van der Waals surface area (Å²) in [5.74, 6) is -0.152. The number of carbonyl (C=O) groups excluding carboxylic acids is 3. The Bertz CT molecular complexity index is 595. The molecule has 1 aromatic rings. The van der Waals surface area contributed by atoms with Gasteiger partial charge < -0.3 is 10.1 Å². The minimum atomic E-state index is -0.452. The average molecular weight is 347 g/mol. The summed E-state index contributed by atoms with van der Waals surface area (Å²) in [7, 11) is 1.57. The van der Waals surface area contributed by atoms with Gasteiger partial charge >= 0.3 is 0 Å². The number of methoxy groups -OCH3 is 1. The fourth-order valence-electron chi connectivity index (χ4n) is 2.83. The highest BCUT2D eigenvalue weighted by molar-refractivity contribution is 5.87. The highest BCUT2D eigenvalue weighted by atomic mass is 16.5. The number of carbonyl (C=O) groups is 3. The highest BCUT2D eigenvalue weighted by Crippen LogP contribution is 2.23. The number of nitrogens with one attached hydrogen (secondary N) is 3. The van der Waals surface area contributed by atoms with Gasteiger partial charge in [0.1, 0.15) is 5.75 Å². The van der Waals surface area contributed by atoms with Crippen molar-refractivity contribution in [2.24, 2.45) is 5.92 Å². The molecule has 0 aromatic heterocycles. The van der Waals surface area contributed by atoms with Crippen molar-refractivity contribution in [1.29, 1.82) is 0 Å². The first-order chi connectivity index (χ1) is 12.1. The Balaban J connectivity index is 1.64. The van der Waals surface area contributed by atoms with Crippen LogP contribution in [0, 0.1) is 5.92 Å². The number of amides is 3. The predicted octanol–water partition coefficient (Wildman–Crippen LogP) is 1.08. The molecule has 0 bridgehead atoms. The molecular weight excluding hydrogens is 322 g/mol. The Kier molecular flexibility index (Phi) is 7.25. The zero-order valence-corrected chi connectivity index (χ0v) is 14.5. The first kappa shape index (κ1) is 18.8. The Labute approximate surface area is 147 Å². The summed E-state index contributed by atoms with van der Waals surface area (Å²) in [4.78, 5) is 35.5. The Hall–Kier alpha value is -2.57. The summed E-state index contributed by atoms with van der Waals surface area (Å²) < 4.78 is 5.05. The van der Waals surface area contributed by atoms with E-state index in [-0.39, 0.29) is 30.7 Å². The lowest BCUT2D eigenvalue weighted by atomic mass is 9.89. The number of benzene rings is 1. The summed E-state index contributed by atoms with van der Waals surface area (Å²) in [5, 5.41) is 2.62. The summed E-state index contributed by atoms with van der Waals surface area (Å²) >= 11 is 0. The van der Waals surface area contributed by atoms with Gasteiger partial charge in [-0.2, -0.15) is 0 Å². The molecule has 1 saturated carbocycles. The second kappa shape index (κ2) is 9.66. The zero-order valence-electron chi connectivity index (χ0n) is 14.5. The number of hydrogen-bond acceptors (Lipinski definition) is 4. The van der Waals surface area contributed by atoms with E-state index in [1.807, 2.05) is 0 Å². The third-order valence-corrected chi connectivity index (χ3v) is 4.26. The minimum Gasteiger partial charge on any atom is -0.497 e. The lowest BCUT2D eigenvalue weighted by Crippen LogP contribution is -2.47. The zero-order chi connectivity index (χ0) is 18.1. The van der Waals surface area contributed by atoms with E-state index in [0.29, 0.717) is 5.75 Å². The van der Waals surface area contributed by atoms with Crippen LogP contribution in [0.4, 0.5) is 0 Å². The number of hydrazine groups is 1. The quantitative estimate of drug-likeness (QED) is 0.671. The second-order valence-corrected chi connectivity index (χ2v) is 6.17. The molecule has 3 N–H and O–H groups in total. The topological polar surface area (TPSA) is 96.5 Å². The van der Waals surface area contributed by atoms with Crippen LogP contribution in [-0.2, 0) is 20.8 Å². The van der Waals surface area contributed by atoms with Crippen LogP contribution in [0.2, 0.25) is 0 Å². The molecule has 7 heteroatoms. The number of ether oxygens (including phenoxy) is 1. The van der Waals surface area contributed by atoms with Crippen LogP contribution >= 0.6 is 0 Å². The summed E-state index contributed by atoms with van der Waals surface area (Å²) in [5.41, 5.74) is 5.45. The van der Waals surface area contributed by atoms with E-state index in [2.05, 4.69) is 16.2 Å². The molecule has 0 aliphatic heterocycles. The van der Waals surface area contributed by atoms with Crippen molar-refractivity contribution in [3.05, 3.63) is 29.8 Å². The van der Waals surface area contributed by atoms with Crippen molar-refractivity contribution in [3.63, 3.8) is 0 Å². The van der Waals surface area contributed by atoms with Crippen molar-refractivity contribution in [2.75, 3.05) is 13.7 Å². The third kappa shape index (κ3) is 6.45. The first-order valence-electron chi connectivity index (χ1n) is 8.57. The fraction of sp³-hybridized carbons (Fsp3) is 0.500. The fourth-order valence-corrected chi connectivity index (χ4v) is 2.83. The molecule has 25 heavy (non-hydrogen) atoms. The van der Waals surface area contributed by atoms with E-state index in [4.69, 9.17) is 4.74 Å². The maximum atomic E-state index is 11.9. The van der Waals surface area contributed by atoms with E-state index in [1.54, 1.807) is 31.4 Å². The first-order valence-corrected chi connectivity index (χ1v) is 8.57. The standard InChI is InChI=1S/C18H25N3O4/c1-25-15-9-7-13(8-10-15)11-16(22)20-21-17(23)12-19-18(24)14-5-3-2-4-6-14/h7-10,14H,2-6,11-12H2,1H3,(H,19,24)(H,20,22)(H,21,23). The molecule has 0 heterocycles. The van der Waals surface area contributed by atoms with E-state index in [0.717, 1.165) is 31.2 Å². The molecule has 0 spiro atoms. The molecule has 1 aromatic carbocycles. The van der Waals surface area contributed by atoms with Crippen molar-refractivity contribution < 1.29 is 19.1 Å². The maximum absolute atomic E-state index is 11.9. The summed E-state index contributed by atoms with van der Waals surface area (Å²) in [6.45, 7) is -0.141. The molecule has 0 atom stereocenters. The van der Waals surface area contributed by atoms with Crippen LogP contribution in [0.1, 0.15) is 37.7 Å². The molecule has 1 aliphatic carbocycles. The monoisotopic (exact) mass is 347 g/mol. The van der Waals surface area contributed by atoms with Gasteiger partial charge in [0.2, 0.25) is 11.8 Å². The lowest BCUT2D eigenvalue weighted by Gasteiger charge is -2.20. The van der Waals surface area contributed by atoms with E-state index in [9.17, 15) is 14.4 Å². The van der Waals surface area contributed by atoms with Gasteiger partial charge in [0.25, 0.3) is 5.91 Å². The second-order valence-electron chi connectivity index (χ2n) is 6.17. The molecule has 2 rings (SSSR count). The van der Waals surface area contributed by atoms with E-state index in [1.165, 1.54) is 6.42 Å². The van der Waals surface area contributed by atoms with Gasteiger partial charge in [0, 0.05) is 5.92 Å². The van der Waals surface area contributed by atoms with Crippen molar-refractivity contribution in [3.8, 4) is 5.75 Å². The number of rotatable bonds is 6. The van der Waals surface area contributed by atoms with Crippen LogP contribution in [0.15, 0.2) is 24.3 Å². The summed E-state index contributed by atoms with van der Waals surface area (Å²) in [6, 6.07) is 7.10. The van der Waals surface area contributed by atoms with Gasteiger partial charge in [0.05, 0.1) is 20.1 Å². The van der Waals surface area contributed by atoms with Gasteiger partial charge in [0.15, 0.2) is 0 Å². The minimum absolute atomic E-state index is 0.00575. The Morgan fingerprint density at radius 1 is 1.00 bits per heavy atom. The predicted molar refractivity (Wildman–Crippen MR) is 92.6 cm³/mol. The van der Waals surface area contributed by atoms with Crippen LogP contribution in [0.25, 0.3) is 0 Å². The summed E-state index contributed by atoms with van der Waals surface area (Å²) in [6.07, 6.45) is 5.19. The molecule has 0 saturated heterocycles. The van der Waals surface area contributed by atoms with Gasteiger partial charge in [-0.1, -0.05) is 31.4 Å². The van der Waals surface area contributed by atoms with Crippen LogP contribution in [0.5, 0.6) is 5.75 Å². The Morgan fingerprint density at radius 2 is 1.64 bits per heavy atom. The SMILES string of the molecule is COc1ccc(CC(=O)NNC(=O)CNC(=O)C2CCCCC2)cc1. The van der Waals surface area contributed by atoms with Gasteiger partial charge in [-0.05, 0) is 30.5 Å². The van der Waals surface area contributed by atoms with E-state index < -0.39 is 5.91 Å². The smallest absolute Gasteiger partial charge is 0.257 e. The maximum Gasteiger partial charge on any atom is 0.257 e. The van der Waals surface area contributed by atoms with Gasteiger partial charge in [-0.15, -0.1) is 0 Å². The van der Waals surface area contributed by atoms with Crippen LogP contribution in [-0.4, -0.2) is 31.4 Å². The molecule has 0 unspecified atom stereocenters. The van der Waals surface area contributed by atoms with Crippen molar-refractivity contribution in [2.45, 2.75) is 38.5 Å². The molecule has 136 valence electrons. The van der Waals surface area contributed by atoms with Crippen LogP contribution in [0.3, 0.4) is 0 Å². The van der Waals surface area contributed by atoms with Gasteiger partial charge in [-0.25, -0.2) is 0 Å². The van der Waals surface area contributed by atoms with Crippen molar-refractivity contribution in [1.82, 2.24) is 16.2 Å². The molecule has 0 radical (unpaired) electrons. The third-order valence-electron chi connectivity index (χ3n) is 4.26. The molecule has 7 nitrogen and oxygen atoms in total.